The maximum Gasteiger partial charge on any atom is 0.441 e. The Hall–Kier alpha value is -1.11. The Morgan fingerprint density at radius 3 is 2.33 bits per heavy atom. The number of alkyl halides is 3. The number of rotatable bonds is 7. The molecule has 0 saturated heterocycles. The number of hydrogen-bond acceptors (Lipinski definition) is 4. The number of nitrogens with one attached hydrogen (secondary N) is 2. The minimum Gasteiger partial charge on any atom is -0.370 e. The number of anilines is 2. The molecule has 1 rings (SSSR count). The minimum absolute atomic E-state index is 0.0300. The third kappa shape index (κ3) is 6.58. The first-order valence-corrected chi connectivity index (χ1v) is 6.65. The number of thioether (sulfide) groups is 1. The van der Waals surface area contributed by atoms with E-state index in [1.54, 1.807) is 6.07 Å². The average Bonchev–Trinajstić information content (AvgIpc) is 2.31. The second kappa shape index (κ2) is 7.35. The molecule has 1 heterocycles. The monoisotopic (exact) mass is 279 g/mol. The fourth-order valence-electron chi connectivity index (χ4n) is 1.23. The van der Waals surface area contributed by atoms with Crippen LogP contribution in [0.2, 0.25) is 0 Å². The van der Waals surface area contributed by atoms with E-state index in [9.17, 15) is 13.2 Å². The molecule has 2 N–H and O–H groups in total. The molecule has 0 radical (unpaired) electrons. The molecule has 0 aliphatic carbocycles. The summed E-state index contributed by atoms with van der Waals surface area (Å²) in [6, 6.07) is 5.37. The molecule has 3 nitrogen and oxygen atoms in total. The first-order chi connectivity index (χ1) is 8.51. The van der Waals surface area contributed by atoms with Gasteiger partial charge in [0.05, 0.1) is 0 Å². The van der Waals surface area contributed by atoms with E-state index in [0.717, 1.165) is 18.8 Å². The maximum atomic E-state index is 11.9. The van der Waals surface area contributed by atoms with E-state index in [0.29, 0.717) is 5.82 Å². The highest BCUT2D eigenvalue weighted by atomic mass is 32.2. The normalized spacial score (nSPS) is 11.3. The molecule has 1 aromatic rings. The molecule has 0 unspecified atom stereocenters. The molecule has 7 heteroatoms. The van der Waals surface area contributed by atoms with Crippen molar-refractivity contribution in [3.05, 3.63) is 18.2 Å². The smallest absolute Gasteiger partial charge is 0.370 e. The van der Waals surface area contributed by atoms with Gasteiger partial charge in [0.15, 0.2) is 0 Å². The highest BCUT2D eigenvalue weighted by molar-refractivity contribution is 8.00. The van der Waals surface area contributed by atoms with Gasteiger partial charge in [0, 0.05) is 18.8 Å². The summed E-state index contributed by atoms with van der Waals surface area (Å²) in [4.78, 5) is 4.23. The van der Waals surface area contributed by atoms with Crippen LogP contribution in [0, 0.1) is 0 Å². The quantitative estimate of drug-likeness (QED) is 0.748. The summed E-state index contributed by atoms with van der Waals surface area (Å²) >= 11 is -0.0350. The van der Waals surface area contributed by atoms with Gasteiger partial charge in [-0.3, -0.25) is 0 Å². The lowest BCUT2D eigenvalue weighted by Crippen LogP contribution is -2.11. The molecule has 0 saturated carbocycles. The standard InChI is InChI=1S/C11H16F3N3S/c1-2-6-15-9-4-3-5-10(17-9)16-7-8-18-11(12,13)14/h3-5H,2,6-8H2,1H3,(H2,15,16,17). The lowest BCUT2D eigenvalue weighted by molar-refractivity contribution is -0.0327. The number of nitrogens with zero attached hydrogens (tertiary/aromatic N) is 1. The van der Waals surface area contributed by atoms with Crippen LogP contribution in [-0.4, -0.2) is 29.3 Å². The van der Waals surface area contributed by atoms with Gasteiger partial charge in [-0.25, -0.2) is 4.98 Å². The highest BCUT2D eigenvalue weighted by Crippen LogP contribution is 2.29. The third-order valence-corrected chi connectivity index (χ3v) is 2.71. The van der Waals surface area contributed by atoms with Crippen LogP contribution < -0.4 is 10.6 Å². The lowest BCUT2D eigenvalue weighted by Gasteiger charge is -2.09. The van der Waals surface area contributed by atoms with Crippen LogP contribution in [0.1, 0.15) is 13.3 Å². The number of halogens is 3. The molecule has 0 amide bonds. The van der Waals surface area contributed by atoms with Gasteiger partial charge in [0.2, 0.25) is 0 Å². The van der Waals surface area contributed by atoms with E-state index in [1.165, 1.54) is 0 Å². The Bertz CT molecular complexity index is 358. The third-order valence-electron chi connectivity index (χ3n) is 1.98. The Kier molecular flexibility index (Phi) is 6.11. The van der Waals surface area contributed by atoms with Crippen LogP contribution in [0.3, 0.4) is 0 Å². The average molecular weight is 279 g/mol. The zero-order chi connectivity index (χ0) is 13.4. The fraction of sp³-hybridized carbons (Fsp3) is 0.545. The first-order valence-electron chi connectivity index (χ1n) is 5.67. The first kappa shape index (κ1) is 14.9. The summed E-state index contributed by atoms with van der Waals surface area (Å²) in [6.45, 7) is 3.10. The molecule has 0 spiro atoms. The second-order valence-electron chi connectivity index (χ2n) is 3.56. The SMILES string of the molecule is CCCNc1cccc(NCCSC(F)(F)F)n1. The Labute approximate surface area is 109 Å². The zero-order valence-electron chi connectivity index (χ0n) is 10.0. The van der Waals surface area contributed by atoms with Gasteiger partial charge in [-0.15, -0.1) is 0 Å². The van der Waals surface area contributed by atoms with E-state index in [-0.39, 0.29) is 24.1 Å². The highest BCUT2D eigenvalue weighted by Gasteiger charge is 2.27. The van der Waals surface area contributed by atoms with E-state index in [2.05, 4.69) is 15.6 Å². The molecule has 0 fully saturated rings. The van der Waals surface area contributed by atoms with Crippen molar-refractivity contribution in [2.75, 3.05) is 29.5 Å². The van der Waals surface area contributed by atoms with Crippen molar-refractivity contribution in [1.29, 1.82) is 0 Å². The number of hydrogen-bond donors (Lipinski definition) is 2. The fourth-order valence-corrected chi connectivity index (χ4v) is 1.67. The minimum atomic E-state index is -4.17. The van der Waals surface area contributed by atoms with Crippen LogP contribution in [0.15, 0.2) is 18.2 Å². The van der Waals surface area contributed by atoms with Crippen LogP contribution in [0.25, 0.3) is 0 Å². The largest absolute Gasteiger partial charge is 0.441 e. The summed E-state index contributed by atoms with van der Waals surface area (Å²) in [5, 5.41) is 5.98. The van der Waals surface area contributed by atoms with Crippen LogP contribution >= 0.6 is 11.8 Å². The van der Waals surface area contributed by atoms with E-state index in [1.807, 2.05) is 19.1 Å². The van der Waals surface area contributed by atoms with Crippen molar-refractivity contribution < 1.29 is 13.2 Å². The van der Waals surface area contributed by atoms with Gasteiger partial charge in [-0.1, -0.05) is 13.0 Å². The Morgan fingerprint density at radius 1 is 1.17 bits per heavy atom. The summed E-state index contributed by atoms with van der Waals surface area (Å²) in [6.07, 6.45) is 0.988. The molecule has 0 atom stereocenters. The lowest BCUT2D eigenvalue weighted by atomic mass is 10.4. The summed E-state index contributed by atoms with van der Waals surface area (Å²) in [5.41, 5.74) is -4.17. The van der Waals surface area contributed by atoms with Crippen molar-refractivity contribution in [2.24, 2.45) is 0 Å². The van der Waals surface area contributed by atoms with Crippen LogP contribution in [0.5, 0.6) is 0 Å². The maximum absolute atomic E-state index is 11.9. The predicted molar refractivity (Wildman–Crippen MR) is 70.0 cm³/mol. The Morgan fingerprint density at radius 2 is 1.78 bits per heavy atom. The van der Waals surface area contributed by atoms with E-state index in [4.69, 9.17) is 0 Å². The van der Waals surface area contributed by atoms with Gasteiger partial charge >= 0.3 is 5.51 Å². The van der Waals surface area contributed by atoms with E-state index < -0.39 is 5.51 Å². The van der Waals surface area contributed by atoms with Gasteiger partial charge in [0.1, 0.15) is 11.6 Å². The van der Waals surface area contributed by atoms with Crippen LogP contribution in [-0.2, 0) is 0 Å². The van der Waals surface area contributed by atoms with Crippen molar-refractivity contribution in [1.82, 2.24) is 4.98 Å². The molecule has 18 heavy (non-hydrogen) atoms. The molecule has 102 valence electrons. The van der Waals surface area contributed by atoms with Gasteiger partial charge in [-0.2, -0.15) is 13.2 Å². The van der Waals surface area contributed by atoms with Crippen molar-refractivity contribution in [2.45, 2.75) is 18.9 Å². The number of aromatic nitrogens is 1. The molecule has 1 aromatic heterocycles. The van der Waals surface area contributed by atoms with Gasteiger partial charge in [0.25, 0.3) is 0 Å². The number of pyridine rings is 1. The van der Waals surface area contributed by atoms with Crippen molar-refractivity contribution in [3.63, 3.8) is 0 Å². The molecule has 0 bridgehead atoms. The van der Waals surface area contributed by atoms with Gasteiger partial charge in [-0.05, 0) is 30.3 Å². The van der Waals surface area contributed by atoms with E-state index >= 15 is 0 Å². The molecule has 0 aromatic carbocycles. The van der Waals surface area contributed by atoms with Crippen molar-refractivity contribution in [3.8, 4) is 0 Å². The molecule has 0 aliphatic heterocycles. The summed E-state index contributed by atoms with van der Waals surface area (Å²) < 4.78 is 35.7. The molecule has 0 aliphatic rings. The van der Waals surface area contributed by atoms with Crippen LogP contribution in [0.4, 0.5) is 24.8 Å². The van der Waals surface area contributed by atoms with Crippen molar-refractivity contribution >= 4 is 23.4 Å². The van der Waals surface area contributed by atoms with Gasteiger partial charge < -0.3 is 10.6 Å². The topological polar surface area (TPSA) is 37.0 Å². The zero-order valence-corrected chi connectivity index (χ0v) is 10.9. The molecular weight excluding hydrogens is 263 g/mol. The summed E-state index contributed by atoms with van der Waals surface area (Å²) in [5.74, 6) is 1.28. The Balaban J connectivity index is 2.33. The predicted octanol–water partition coefficient (Wildman–Crippen LogP) is 3.57. The summed E-state index contributed by atoms with van der Waals surface area (Å²) in [7, 11) is 0. The molecular formula is C11H16F3N3S. The second-order valence-corrected chi connectivity index (χ2v) is 4.72.